The Bertz CT molecular complexity index is 709. The second-order valence-electron chi connectivity index (χ2n) is 5.13. The number of benzene rings is 2. The monoisotopic (exact) mass is 312 g/mol. The van der Waals surface area contributed by atoms with Crippen molar-refractivity contribution in [1.82, 2.24) is 0 Å². The molecule has 2 aromatic carbocycles. The molecule has 2 rings (SSSR count). The molecule has 0 heterocycles. The fraction of sp³-hybridized carbons (Fsp3) is 0.222. The Hall–Kier alpha value is -2.82. The Morgan fingerprint density at radius 3 is 2.13 bits per heavy atom. The SMILES string of the molecule is CCOc1ccc(C(=O)Nc2ccc(NC(C)=O)cc2)cc1C. The summed E-state index contributed by atoms with van der Waals surface area (Å²) in [6.45, 7) is 5.87. The van der Waals surface area contributed by atoms with Gasteiger partial charge in [0.1, 0.15) is 5.75 Å². The molecule has 0 radical (unpaired) electrons. The molecule has 5 heteroatoms. The number of aryl methyl sites for hydroxylation is 1. The third-order valence-electron chi connectivity index (χ3n) is 3.20. The van der Waals surface area contributed by atoms with Crippen molar-refractivity contribution in [2.45, 2.75) is 20.8 Å². The number of hydrogen-bond acceptors (Lipinski definition) is 3. The van der Waals surface area contributed by atoms with Gasteiger partial charge in [-0.2, -0.15) is 0 Å². The minimum atomic E-state index is -0.191. The van der Waals surface area contributed by atoms with Gasteiger partial charge < -0.3 is 15.4 Å². The number of nitrogens with one attached hydrogen (secondary N) is 2. The summed E-state index contributed by atoms with van der Waals surface area (Å²) in [6.07, 6.45) is 0. The van der Waals surface area contributed by atoms with Crippen molar-refractivity contribution in [3.8, 4) is 5.75 Å². The largest absolute Gasteiger partial charge is 0.494 e. The van der Waals surface area contributed by atoms with E-state index in [2.05, 4.69) is 10.6 Å². The van der Waals surface area contributed by atoms with Gasteiger partial charge in [0, 0.05) is 23.9 Å². The third kappa shape index (κ3) is 4.57. The van der Waals surface area contributed by atoms with Crippen molar-refractivity contribution in [2.24, 2.45) is 0 Å². The van der Waals surface area contributed by atoms with Gasteiger partial charge in [-0.3, -0.25) is 9.59 Å². The Kier molecular flexibility index (Phi) is 5.36. The van der Waals surface area contributed by atoms with E-state index in [0.29, 0.717) is 23.5 Å². The Labute approximate surface area is 135 Å². The Morgan fingerprint density at radius 2 is 1.61 bits per heavy atom. The molecule has 0 aromatic heterocycles. The lowest BCUT2D eigenvalue weighted by Crippen LogP contribution is -2.12. The Morgan fingerprint density at radius 1 is 1.00 bits per heavy atom. The van der Waals surface area contributed by atoms with E-state index in [9.17, 15) is 9.59 Å². The highest BCUT2D eigenvalue weighted by Crippen LogP contribution is 2.20. The Balaban J connectivity index is 2.06. The van der Waals surface area contributed by atoms with Crippen LogP contribution in [0.4, 0.5) is 11.4 Å². The fourth-order valence-corrected chi connectivity index (χ4v) is 2.15. The quantitative estimate of drug-likeness (QED) is 0.886. The lowest BCUT2D eigenvalue weighted by molar-refractivity contribution is -0.114. The molecule has 0 atom stereocenters. The number of ether oxygens (including phenoxy) is 1. The molecule has 23 heavy (non-hydrogen) atoms. The van der Waals surface area contributed by atoms with Crippen molar-refractivity contribution in [3.63, 3.8) is 0 Å². The normalized spacial score (nSPS) is 10.0. The zero-order chi connectivity index (χ0) is 16.8. The molecule has 0 saturated carbocycles. The van der Waals surface area contributed by atoms with Crippen LogP contribution in [0.5, 0.6) is 5.75 Å². The summed E-state index contributed by atoms with van der Waals surface area (Å²) in [6, 6.07) is 12.3. The smallest absolute Gasteiger partial charge is 0.255 e. The highest BCUT2D eigenvalue weighted by atomic mass is 16.5. The van der Waals surface area contributed by atoms with Gasteiger partial charge in [0.2, 0.25) is 5.91 Å². The average Bonchev–Trinajstić information content (AvgIpc) is 2.51. The van der Waals surface area contributed by atoms with Crippen molar-refractivity contribution in [3.05, 3.63) is 53.6 Å². The minimum Gasteiger partial charge on any atom is -0.494 e. The standard InChI is InChI=1S/C18H20N2O3/c1-4-23-17-10-5-14(11-12(17)2)18(22)20-16-8-6-15(7-9-16)19-13(3)21/h5-11H,4H2,1-3H3,(H,19,21)(H,20,22). The molecule has 0 spiro atoms. The molecule has 0 aliphatic rings. The first-order chi connectivity index (χ1) is 11.0. The maximum Gasteiger partial charge on any atom is 0.255 e. The number of carbonyl (C=O) groups is 2. The van der Waals surface area contributed by atoms with Gasteiger partial charge in [0.25, 0.3) is 5.91 Å². The predicted octanol–water partition coefficient (Wildman–Crippen LogP) is 3.60. The molecule has 120 valence electrons. The van der Waals surface area contributed by atoms with E-state index in [0.717, 1.165) is 11.3 Å². The summed E-state index contributed by atoms with van der Waals surface area (Å²) in [5, 5.41) is 5.50. The second kappa shape index (κ2) is 7.45. The lowest BCUT2D eigenvalue weighted by Gasteiger charge is -2.10. The summed E-state index contributed by atoms with van der Waals surface area (Å²) in [4.78, 5) is 23.3. The minimum absolute atomic E-state index is 0.133. The van der Waals surface area contributed by atoms with E-state index in [-0.39, 0.29) is 11.8 Å². The first-order valence-corrected chi connectivity index (χ1v) is 7.42. The van der Waals surface area contributed by atoms with Crippen molar-refractivity contribution >= 4 is 23.2 Å². The van der Waals surface area contributed by atoms with Gasteiger partial charge in [0.15, 0.2) is 0 Å². The summed E-state index contributed by atoms with van der Waals surface area (Å²) in [7, 11) is 0. The van der Waals surface area contributed by atoms with Crippen LogP contribution in [0.3, 0.4) is 0 Å². The van der Waals surface area contributed by atoms with Crippen LogP contribution in [0.2, 0.25) is 0 Å². The number of anilines is 2. The number of amides is 2. The number of carbonyl (C=O) groups excluding carboxylic acids is 2. The van der Waals surface area contributed by atoms with Gasteiger partial charge in [0.05, 0.1) is 6.61 Å². The molecule has 2 amide bonds. The van der Waals surface area contributed by atoms with E-state index in [1.807, 2.05) is 13.8 Å². The van der Waals surface area contributed by atoms with E-state index in [1.54, 1.807) is 42.5 Å². The van der Waals surface area contributed by atoms with Gasteiger partial charge >= 0.3 is 0 Å². The van der Waals surface area contributed by atoms with Crippen molar-refractivity contribution in [2.75, 3.05) is 17.2 Å². The zero-order valence-corrected chi connectivity index (χ0v) is 13.5. The van der Waals surface area contributed by atoms with Crippen LogP contribution in [-0.4, -0.2) is 18.4 Å². The van der Waals surface area contributed by atoms with Gasteiger partial charge in [-0.1, -0.05) is 0 Å². The molecule has 5 nitrogen and oxygen atoms in total. The predicted molar refractivity (Wildman–Crippen MR) is 91.0 cm³/mol. The molecular weight excluding hydrogens is 292 g/mol. The summed E-state index contributed by atoms with van der Waals surface area (Å²) >= 11 is 0. The van der Waals surface area contributed by atoms with Crippen molar-refractivity contribution < 1.29 is 14.3 Å². The highest BCUT2D eigenvalue weighted by molar-refractivity contribution is 6.04. The zero-order valence-electron chi connectivity index (χ0n) is 13.5. The molecule has 0 unspecified atom stereocenters. The summed E-state index contributed by atoms with van der Waals surface area (Å²) in [5.74, 6) is 0.457. The first-order valence-electron chi connectivity index (χ1n) is 7.42. The molecule has 0 saturated heterocycles. The maximum atomic E-state index is 12.3. The van der Waals surface area contributed by atoms with Crippen molar-refractivity contribution in [1.29, 1.82) is 0 Å². The average molecular weight is 312 g/mol. The maximum absolute atomic E-state index is 12.3. The number of hydrogen-bond donors (Lipinski definition) is 2. The van der Waals surface area contributed by atoms with E-state index in [4.69, 9.17) is 4.74 Å². The van der Waals surface area contributed by atoms with Crippen LogP contribution in [0.25, 0.3) is 0 Å². The molecular formula is C18H20N2O3. The lowest BCUT2D eigenvalue weighted by atomic mass is 10.1. The molecule has 0 fully saturated rings. The van der Waals surface area contributed by atoms with Crippen LogP contribution in [0.15, 0.2) is 42.5 Å². The molecule has 2 N–H and O–H groups in total. The highest BCUT2D eigenvalue weighted by Gasteiger charge is 2.09. The summed E-state index contributed by atoms with van der Waals surface area (Å²) < 4.78 is 5.47. The van der Waals surface area contributed by atoms with E-state index < -0.39 is 0 Å². The van der Waals surface area contributed by atoms with Crippen LogP contribution in [0.1, 0.15) is 29.8 Å². The topological polar surface area (TPSA) is 67.4 Å². The van der Waals surface area contributed by atoms with Crippen LogP contribution >= 0.6 is 0 Å². The summed E-state index contributed by atoms with van der Waals surface area (Å²) in [5.41, 5.74) is 2.83. The molecule has 0 bridgehead atoms. The van der Waals surface area contributed by atoms with Crippen LogP contribution in [-0.2, 0) is 4.79 Å². The van der Waals surface area contributed by atoms with Crippen LogP contribution in [0, 0.1) is 6.92 Å². The fourth-order valence-electron chi connectivity index (χ4n) is 2.15. The van der Waals surface area contributed by atoms with E-state index in [1.165, 1.54) is 6.92 Å². The van der Waals surface area contributed by atoms with Gasteiger partial charge in [-0.15, -0.1) is 0 Å². The first kappa shape index (κ1) is 16.5. The van der Waals surface area contributed by atoms with Gasteiger partial charge in [-0.05, 0) is 61.9 Å². The van der Waals surface area contributed by atoms with E-state index >= 15 is 0 Å². The third-order valence-corrected chi connectivity index (χ3v) is 3.20. The molecule has 0 aliphatic carbocycles. The molecule has 2 aromatic rings. The second-order valence-corrected chi connectivity index (χ2v) is 5.13. The van der Waals surface area contributed by atoms with Crippen LogP contribution < -0.4 is 15.4 Å². The van der Waals surface area contributed by atoms with Gasteiger partial charge in [-0.25, -0.2) is 0 Å². The molecule has 0 aliphatic heterocycles. The number of rotatable bonds is 5.